The highest BCUT2D eigenvalue weighted by Crippen LogP contribution is 2.33. The van der Waals surface area contributed by atoms with E-state index in [1.54, 1.807) is 11.3 Å². The van der Waals surface area contributed by atoms with Crippen molar-refractivity contribution < 1.29 is 22.4 Å². The van der Waals surface area contributed by atoms with Crippen molar-refractivity contribution in [3.63, 3.8) is 0 Å². The predicted octanol–water partition coefficient (Wildman–Crippen LogP) is 5.74. The minimum absolute atomic E-state index is 0.428. The number of hydrogen-bond acceptors (Lipinski definition) is 5. The monoisotopic (exact) mass is 418 g/mol. The molecule has 0 aliphatic rings. The van der Waals surface area contributed by atoms with Gasteiger partial charge in [0, 0.05) is 18.7 Å². The number of rotatable bonds is 7. The van der Waals surface area contributed by atoms with E-state index in [-0.39, 0.29) is 0 Å². The highest BCUT2D eigenvalue weighted by atomic mass is 32.1. The van der Waals surface area contributed by atoms with Crippen LogP contribution in [0.4, 0.5) is 13.2 Å². The van der Waals surface area contributed by atoms with Gasteiger partial charge in [-0.25, -0.2) is 0 Å². The Kier molecular flexibility index (Phi) is 5.55. The Morgan fingerprint density at radius 2 is 1.90 bits per heavy atom. The zero-order chi connectivity index (χ0) is 20.3. The van der Waals surface area contributed by atoms with Gasteiger partial charge < -0.3 is 14.6 Å². The molecule has 4 aromatic rings. The highest BCUT2D eigenvalue weighted by molar-refractivity contribution is 7.17. The molecule has 2 aromatic heterocycles. The molecule has 0 atom stereocenters. The number of halogens is 3. The largest absolute Gasteiger partial charge is 0.492 e. The van der Waals surface area contributed by atoms with Crippen LogP contribution in [-0.4, -0.2) is 18.3 Å². The zero-order valence-electron chi connectivity index (χ0n) is 15.2. The maximum Gasteiger partial charge on any atom is 0.416 e. The molecule has 4 nitrogen and oxygen atoms in total. The Morgan fingerprint density at radius 3 is 2.69 bits per heavy atom. The number of hydrogen-bond donors (Lipinski definition) is 1. The lowest BCUT2D eigenvalue weighted by molar-refractivity contribution is -0.137. The molecule has 0 aliphatic heterocycles. The smallest absolute Gasteiger partial charge is 0.416 e. The summed E-state index contributed by atoms with van der Waals surface area (Å²) in [6.45, 7) is 1.46. The third kappa shape index (κ3) is 4.60. The van der Waals surface area contributed by atoms with Gasteiger partial charge >= 0.3 is 6.18 Å². The Morgan fingerprint density at radius 1 is 1.07 bits per heavy atom. The van der Waals surface area contributed by atoms with Crippen LogP contribution in [0.1, 0.15) is 11.1 Å². The van der Waals surface area contributed by atoms with Crippen molar-refractivity contribution in [2.75, 3.05) is 13.2 Å². The molecule has 0 saturated carbocycles. The SMILES string of the molecule is FC(F)(F)c1ccc(CNCCOc2cccc(-c3noc4ccsc34)c2)cc1. The van der Waals surface area contributed by atoms with Crippen LogP contribution in [-0.2, 0) is 12.7 Å². The summed E-state index contributed by atoms with van der Waals surface area (Å²) in [6.07, 6.45) is -4.31. The van der Waals surface area contributed by atoms with E-state index in [4.69, 9.17) is 9.26 Å². The van der Waals surface area contributed by atoms with Crippen molar-refractivity contribution in [3.8, 4) is 17.0 Å². The molecule has 0 amide bonds. The molecule has 0 unspecified atom stereocenters. The summed E-state index contributed by atoms with van der Waals surface area (Å²) in [5, 5.41) is 9.25. The van der Waals surface area contributed by atoms with Crippen molar-refractivity contribution in [3.05, 3.63) is 71.1 Å². The predicted molar refractivity (Wildman–Crippen MR) is 106 cm³/mol. The van der Waals surface area contributed by atoms with Gasteiger partial charge in [0.25, 0.3) is 0 Å². The first kappa shape index (κ1) is 19.5. The van der Waals surface area contributed by atoms with Crippen molar-refractivity contribution in [1.29, 1.82) is 0 Å². The maximum absolute atomic E-state index is 12.6. The van der Waals surface area contributed by atoms with Gasteiger partial charge in [0.05, 0.1) is 5.56 Å². The number of benzene rings is 2. The molecular formula is C21H17F3N2O2S. The van der Waals surface area contributed by atoms with Gasteiger partial charge in [0.2, 0.25) is 0 Å². The van der Waals surface area contributed by atoms with Crippen LogP contribution in [0.3, 0.4) is 0 Å². The number of aromatic nitrogens is 1. The first-order chi connectivity index (χ1) is 14.0. The molecule has 4 rings (SSSR count). The van der Waals surface area contributed by atoms with Gasteiger partial charge in [-0.1, -0.05) is 29.4 Å². The van der Waals surface area contributed by atoms with E-state index in [2.05, 4.69) is 10.5 Å². The van der Waals surface area contributed by atoms with E-state index < -0.39 is 11.7 Å². The molecular weight excluding hydrogens is 401 g/mol. The Bertz CT molecular complexity index is 1090. The Labute approximate surface area is 168 Å². The van der Waals surface area contributed by atoms with Gasteiger partial charge in [0.15, 0.2) is 5.58 Å². The van der Waals surface area contributed by atoms with Crippen LogP contribution < -0.4 is 10.1 Å². The highest BCUT2D eigenvalue weighted by Gasteiger charge is 2.29. The second-order valence-corrected chi connectivity index (χ2v) is 7.31. The fourth-order valence-electron chi connectivity index (χ4n) is 2.88. The van der Waals surface area contributed by atoms with Crippen LogP contribution in [0.2, 0.25) is 0 Å². The average molecular weight is 418 g/mol. The van der Waals surface area contributed by atoms with Crippen LogP contribution in [0.15, 0.2) is 64.5 Å². The normalized spacial score (nSPS) is 11.8. The standard InChI is InChI=1S/C21H17F3N2O2S/c22-21(23,24)16-6-4-14(5-7-16)13-25-9-10-27-17-3-1-2-15(12-17)19-20-18(28-26-19)8-11-29-20/h1-8,11-12,25H,9-10,13H2. The molecule has 150 valence electrons. The second-order valence-electron chi connectivity index (χ2n) is 6.39. The summed E-state index contributed by atoms with van der Waals surface area (Å²) < 4.78 is 49.8. The van der Waals surface area contributed by atoms with Crippen molar-refractivity contribution in [2.24, 2.45) is 0 Å². The van der Waals surface area contributed by atoms with Crippen molar-refractivity contribution >= 4 is 21.6 Å². The number of fused-ring (bicyclic) bond motifs is 1. The molecule has 8 heteroatoms. The summed E-state index contributed by atoms with van der Waals surface area (Å²) in [4.78, 5) is 0. The number of ether oxygens (including phenoxy) is 1. The van der Waals surface area contributed by atoms with E-state index >= 15 is 0 Å². The van der Waals surface area contributed by atoms with E-state index in [1.165, 1.54) is 12.1 Å². The third-order valence-corrected chi connectivity index (χ3v) is 5.25. The minimum Gasteiger partial charge on any atom is -0.492 e. The lowest BCUT2D eigenvalue weighted by Crippen LogP contribution is -2.20. The molecule has 0 spiro atoms. The third-order valence-electron chi connectivity index (χ3n) is 4.34. The summed E-state index contributed by atoms with van der Waals surface area (Å²) in [6, 6.07) is 14.6. The molecule has 1 N–H and O–H groups in total. The van der Waals surface area contributed by atoms with E-state index in [1.807, 2.05) is 35.7 Å². The average Bonchev–Trinajstić information content (AvgIpc) is 3.31. The molecule has 0 bridgehead atoms. The van der Waals surface area contributed by atoms with Gasteiger partial charge in [0.1, 0.15) is 22.8 Å². The molecule has 0 radical (unpaired) electrons. The number of thiophene rings is 1. The van der Waals surface area contributed by atoms with E-state index in [0.717, 1.165) is 39.2 Å². The fourth-order valence-corrected chi connectivity index (χ4v) is 3.70. The van der Waals surface area contributed by atoms with Crippen LogP contribution >= 0.6 is 11.3 Å². The van der Waals surface area contributed by atoms with Gasteiger partial charge in [-0.3, -0.25) is 0 Å². The fraction of sp³-hybridized carbons (Fsp3) is 0.190. The molecule has 0 fully saturated rings. The molecule has 0 aliphatic carbocycles. The van der Waals surface area contributed by atoms with Gasteiger partial charge in [-0.2, -0.15) is 13.2 Å². The summed E-state index contributed by atoms with van der Waals surface area (Å²) in [5.74, 6) is 0.714. The van der Waals surface area contributed by atoms with Gasteiger partial charge in [-0.05, 0) is 41.3 Å². The zero-order valence-corrected chi connectivity index (χ0v) is 16.0. The number of nitrogens with zero attached hydrogens (tertiary/aromatic N) is 1. The van der Waals surface area contributed by atoms with Crippen LogP contribution in [0, 0.1) is 0 Å². The number of nitrogens with one attached hydrogen (secondary N) is 1. The molecule has 2 heterocycles. The van der Waals surface area contributed by atoms with Crippen molar-refractivity contribution in [1.82, 2.24) is 10.5 Å². The number of alkyl halides is 3. The molecule has 29 heavy (non-hydrogen) atoms. The first-order valence-corrected chi connectivity index (χ1v) is 9.81. The molecule has 0 saturated heterocycles. The topological polar surface area (TPSA) is 47.3 Å². The molecule has 2 aromatic carbocycles. The quantitative estimate of drug-likeness (QED) is 0.389. The van der Waals surface area contributed by atoms with E-state index in [0.29, 0.717) is 25.4 Å². The minimum atomic E-state index is -4.31. The van der Waals surface area contributed by atoms with Crippen LogP contribution in [0.5, 0.6) is 5.75 Å². The second kappa shape index (κ2) is 8.26. The van der Waals surface area contributed by atoms with Crippen molar-refractivity contribution in [2.45, 2.75) is 12.7 Å². The Hall–Kier alpha value is -2.84. The lowest BCUT2D eigenvalue weighted by Gasteiger charge is -2.10. The van der Waals surface area contributed by atoms with Gasteiger partial charge in [-0.15, -0.1) is 11.3 Å². The van der Waals surface area contributed by atoms with E-state index in [9.17, 15) is 13.2 Å². The summed E-state index contributed by atoms with van der Waals surface area (Å²) in [5.41, 5.74) is 2.62. The maximum atomic E-state index is 12.6. The summed E-state index contributed by atoms with van der Waals surface area (Å²) in [7, 11) is 0. The first-order valence-electron chi connectivity index (χ1n) is 8.94. The summed E-state index contributed by atoms with van der Waals surface area (Å²) >= 11 is 1.58. The van der Waals surface area contributed by atoms with Crippen LogP contribution in [0.25, 0.3) is 21.5 Å². The Balaban J connectivity index is 1.28. The lowest BCUT2D eigenvalue weighted by atomic mass is 10.1.